The first-order chi connectivity index (χ1) is 15.1. The van der Waals surface area contributed by atoms with Gasteiger partial charge in [-0.25, -0.2) is 4.68 Å². The summed E-state index contributed by atoms with van der Waals surface area (Å²) in [4.78, 5) is 28.5. The summed E-state index contributed by atoms with van der Waals surface area (Å²) in [7, 11) is 0. The third kappa shape index (κ3) is 4.95. The van der Waals surface area contributed by atoms with Crippen molar-refractivity contribution < 1.29 is 14.5 Å². The number of tetrazole rings is 1. The predicted octanol–water partition coefficient (Wildman–Crippen LogP) is 0.204. The summed E-state index contributed by atoms with van der Waals surface area (Å²) in [6, 6.07) is 15.1. The molecule has 1 saturated heterocycles. The van der Waals surface area contributed by atoms with Crippen LogP contribution in [0.2, 0.25) is 0 Å². The second kappa shape index (κ2) is 9.48. The lowest BCUT2D eigenvalue weighted by atomic mass is 10.1. The lowest BCUT2D eigenvalue weighted by Crippen LogP contribution is -3.15. The molecule has 9 nitrogen and oxygen atoms in total. The molecule has 2 amide bonds. The average molecular weight is 420 g/mol. The average Bonchev–Trinajstić information content (AvgIpc) is 3.35. The first-order valence-electron chi connectivity index (χ1n) is 10.5. The van der Waals surface area contributed by atoms with Crippen molar-refractivity contribution in [1.29, 1.82) is 0 Å². The Morgan fingerprint density at radius 2 is 1.90 bits per heavy atom. The Balaban J connectivity index is 1.31. The van der Waals surface area contributed by atoms with Gasteiger partial charge in [0.2, 0.25) is 0 Å². The molecule has 3 aromatic rings. The summed E-state index contributed by atoms with van der Waals surface area (Å²) in [6.07, 6.45) is 2.37. The van der Waals surface area contributed by atoms with E-state index < -0.39 is 0 Å². The van der Waals surface area contributed by atoms with Gasteiger partial charge in [0, 0.05) is 11.3 Å². The number of anilines is 1. The van der Waals surface area contributed by atoms with Crippen molar-refractivity contribution in [1.82, 2.24) is 25.1 Å². The highest BCUT2D eigenvalue weighted by Gasteiger charge is 2.26. The number of nitrogens with one attached hydrogen (secondary N) is 2. The minimum atomic E-state index is -0.0182. The van der Waals surface area contributed by atoms with Crippen molar-refractivity contribution in [2.24, 2.45) is 0 Å². The molecule has 0 unspecified atom stereocenters. The molecule has 1 aliphatic heterocycles. The molecule has 1 aromatic heterocycles. The van der Waals surface area contributed by atoms with Crippen LogP contribution in [-0.4, -0.2) is 69.6 Å². The van der Waals surface area contributed by atoms with Crippen LogP contribution < -0.4 is 10.2 Å². The maximum atomic E-state index is 12.9. The van der Waals surface area contributed by atoms with Crippen molar-refractivity contribution in [3.05, 3.63) is 66.0 Å². The number of hydrogen-bond acceptors (Lipinski definition) is 5. The first kappa shape index (κ1) is 20.7. The van der Waals surface area contributed by atoms with Crippen LogP contribution in [0.5, 0.6) is 0 Å². The van der Waals surface area contributed by atoms with Crippen LogP contribution in [0.1, 0.15) is 22.8 Å². The number of benzene rings is 2. The zero-order valence-corrected chi connectivity index (χ0v) is 17.5. The summed E-state index contributed by atoms with van der Waals surface area (Å²) in [5, 5.41) is 14.2. The van der Waals surface area contributed by atoms with E-state index in [0.717, 1.165) is 36.4 Å². The van der Waals surface area contributed by atoms with Crippen LogP contribution in [0.3, 0.4) is 0 Å². The first-order valence-corrected chi connectivity index (χ1v) is 10.5. The lowest BCUT2D eigenvalue weighted by Gasteiger charge is -2.32. The maximum absolute atomic E-state index is 12.9. The number of aryl methyl sites for hydroxylation is 1. The highest BCUT2D eigenvalue weighted by Crippen LogP contribution is 2.15. The van der Waals surface area contributed by atoms with Gasteiger partial charge in [-0.3, -0.25) is 9.59 Å². The van der Waals surface area contributed by atoms with Gasteiger partial charge in [-0.05, 0) is 46.7 Å². The van der Waals surface area contributed by atoms with Gasteiger partial charge in [0.1, 0.15) is 6.33 Å². The number of carbonyl (C=O) groups excluding carboxylic acids is 2. The molecule has 0 saturated carbocycles. The molecule has 31 heavy (non-hydrogen) atoms. The SMILES string of the molecule is CCc1ccccc1NC(=O)C[NH+]1CCN(C(=O)c2cccc(-n3cnnn3)c2)CC1. The number of rotatable bonds is 6. The molecule has 0 radical (unpaired) electrons. The Labute approximate surface area is 180 Å². The summed E-state index contributed by atoms with van der Waals surface area (Å²) < 4.78 is 1.52. The van der Waals surface area contributed by atoms with Crippen LogP contribution in [0.25, 0.3) is 5.69 Å². The van der Waals surface area contributed by atoms with Gasteiger partial charge in [0.25, 0.3) is 11.8 Å². The van der Waals surface area contributed by atoms with Gasteiger partial charge in [0.15, 0.2) is 6.54 Å². The fourth-order valence-electron chi connectivity index (χ4n) is 3.82. The molecule has 1 fully saturated rings. The van der Waals surface area contributed by atoms with Crippen molar-refractivity contribution in [3.63, 3.8) is 0 Å². The molecule has 0 atom stereocenters. The van der Waals surface area contributed by atoms with Crippen molar-refractivity contribution in [2.75, 3.05) is 38.0 Å². The minimum Gasteiger partial charge on any atom is -0.327 e. The van der Waals surface area contributed by atoms with E-state index in [1.807, 2.05) is 41.3 Å². The van der Waals surface area contributed by atoms with Crippen LogP contribution in [0, 0.1) is 0 Å². The molecule has 0 bridgehead atoms. The Morgan fingerprint density at radius 3 is 2.65 bits per heavy atom. The topological polar surface area (TPSA) is 97.5 Å². The molecule has 2 N–H and O–H groups in total. The smallest absolute Gasteiger partial charge is 0.279 e. The standard InChI is InChI=1S/C22H25N7O2/c1-2-17-6-3-4-9-20(17)24-21(30)15-27-10-12-28(13-11-27)22(31)18-7-5-8-19(14-18)29-16-23-25-26-29/h3-9,14,16H,2,10-13,15H2,1H3,(H,24,30)/p+1. The highest BCUT2D eigenvalue weighted by molar-refractivity contribution is 5.95. The maximum Gasteiger partial charge on any atom is 0.279 e. The predicted molar refractivity (Wildman–Crippen MR) is 115 cm³/mol. The third-order valence-corrected chi connectivity index (χ3v) is 5.55. The molecule has 0 aliphatic carbocycles. The van der Waals surface area contributed by atoms with Crippen molar-refractivity contribution in [2.45, 2.75) is 13.3 Å². The Hall–Kier alpha value is -3.59. The quantitative estimate of drug-likeness (QED) is 0.594. The van der Waals surface area contributed by atoms with E-state index in [-0.39, 0.29) is 11.8 Å². The number of nitrogens with zero attached hydrogens (tertiary/aromatic N) is 5. The van der Waals surface area contributed by atoms with Gasteiger partial charge in [-0.1, -0.05) is 31.2 Å². The number of hydrogen-bond donors (Lipinski definition) is 2. The van der Waals surface area contributed by atoms with Gasteiger partial charge in [-0.2, -0.15) is 0 Å². The number of quaternary nitrogens is 1. The lowest BCUT2D eigenvalue weighted by molar-refractivity contribution is -0.895. The highest BCUT2D eigenvalue weighted by atomic mass is 16.2. The summed E-state index contributed by atoms with van der Waals surface area (Å²) in [6.45, 7) is 5.17. The van der Waals surface area contributed by atoms with Gasteiger partial charge in [0.05, 0.1) is 31.9 Å². The molecule has 0 spiro atoms. The molecule has 2 aromatic carbocycles. The normalized spacial score (nSPS) is 14.4. The number of piperazine rings is 1. The Kier molecular flexibility index (Phi) is 6.32. The number of amides is 2. The number of para-hydroxylation sites is 1. The van der Waals surface area contributed by atoms with E-state index in [2.05, 4.69) is 27.8 Å². The van der Waals surface area contributed by atoms with Crippen LogP contribution in [-0.2, 0) is 11.2 Å². The fourth-order valence-corrected chi connectivity index (χ4v) is 3.82. The van der Waals surface area contributed by atoms with Crippen LogP contribution in [0.15, 0.2) is 54.9 Å². The van der Waals surface area contributed by atoms with E-state index in [0.29, 0.717) is 25.2 Å². The molecular weight excluding hydrogens is 394 g/mol. The van der Waals surface area contributed by atoms with Gasteiger partial charge >= 0.3 is 0 Å². The van der Waals surface area contributed by atoms with Crippen LogP contribution >= 0.6 is 0 Å². The van der Waals surface area contributed by atoms with E-state index in [1.165, 1.54) is 15.9 Å². The molecule has 4 rings (SSSR count). The van der Waals surface area contributed by atoms with E-state index in [9.17, 15) is 9.59 Å². The van der Waals surface area contributed by atoms with E-state index >= 15 is 0 Å². The van der Waals surface area contributed by atoms with Gasteiger partial charge < -0.3 is 15.1 Å². The van der Waals surface area contributed by atoms with E-state index in [1.54, 1.807) is 12.1 Å². The van der Waals surface area contributed by atoms with Crippen LogP contribution in [0.4, 0.5) is 5.69 Å². The number of aromatic nitrogens is 4. The fraction of sp³-hybridized carbons (Fsp3) is 0.318. The molecule has 160 valence electrons. The zero-order chi connectivity index (χ0) is 21.6. The Bertz CT molecular complexity index is 1040. The zero-order valence-electron chi connectivity index (χ0n) is 17.5. The van der Waals surface area contributed by atoms with E-state index in [4.69, 9.17) is 0 Å². The second-order valence-corrected chi connectivity index (χ2v) is 7.58. The summed E-state index contributed by atoms with van der Waals surface area (Å²) in [5.74, 6) is -0.0138. The minimum absolute atomic E-state index is 0.00446. The summed E-state index contributed by atoms with van der Waals surface area (Å²) in [5.41, 5.74) is 3.35. The van der Waals surface area contributed by atoms with Gasteiger partial charge in [-0.15, -0.1) is 5.10 Å². The summed E-state index contributed by atoms with van der Waals surface area (Å²) >= 11 is 0. The molecule has 9 heteroatoms. The number of carbonyl (C=O) groups is 2. The third-order valence-electron chi connectivity index (χ3n) is 5.55. The monoisotopic (exact) mass is 420 g/mol. The molecular formula is C22H26N7O2+. The molecule has 2 heterocycles. The Morgan fingerprint density at radius 1 is 1.10 bits per heavy atom. The second-order valence-electron chi connectivity index (χ2n) is 7.58. The van der Waals surface area contributed by atoms with Crippen molar-refractivity contribution in [3.8, 4) is 5.69 Å². The largest absolute Gasteiger partial charge is 0.327 e. The molecule has 1 aliphatic rings. The van der Waals surface area contributed by atoms with Crippen molar-refractivity contribution >= 4 is 17.5 Å².